The van der Waals surface area contributed by atoms with Gasteiger partial charge >= 0.3 is 167 Å². The Morgan fingerprint density at radius 2 is 2.15 bits per heavy atom. The average molecular weight is 459 g/mol. The Kier molecular flexibility index (Phi) is 6.51. The van der Waals surface area contributed by atoms with E-state index >= 15 is 0 Å². The molecule has 3 heterocycles. The van der Waals surface area contributed by atoms with E-state index in [1.807, 2.05) is 0 Å². The zero-order valence-corrected chi connectivity index (χ0v) is 17.3. The summed E-state index contributed by atoms with van der Waals surface area (Å²) in [5, 5.41) is 1.01. The summed E-state index contributed by atoms with van der Waals surface area (Å²) in [5.74, 6) is -1.16. The molecule has 0 saturated carbocycles. The second-order valence-electron chi connectivity index (χ2n) is 5.91. The normalized spacial score (nSPS) is 15.7. The average Bonchev–Trinajstić information content (AvgIpc) is 2.62. The van der Waals surface area contributed by atoms with E-state index in [9.17, 15) is 9.18 Å². The third kappa shape index (κ3) is 4.20. The van der Waals surface area contributed by atoms with E-state index in [4.69, 9.17) is 33.7 Å². The molecule has 1 saturated heterocycles. The number of nitrogens with two attached hydrogens (primary N) is 1. The summed E-state index contributed by atoms with van der Waals surface area (Å²) in [4.78, 5) is 20.0. The van der Waals surface area contributed by atoms with Gasteiger partial charge in [-0.2, -0.15) is 0 Å². The molecular weight excluding hydrogens is 443 g/mol. The molecule has 1 fully saturated rings. The number of hydrogen-bond donors (Lipinski definition) is 1. The van der Waals surface area contributed by atoms with Gasteiger partial charge in [0.2, 0.25) is 0 Å². The number of hydrogen-bond acceptors (Lipinski definition) is 4. The third-order valence-corrected chi connectivity index (χ3v) is 7.90. The number of carbonyl (C=O) groups is 1. The van der Waals surface area contributed by atoms with Crippen molar-refractivity contribution in [1.82, 2.24) is 9.97 Å². The van der Waals surface area contributed by atoms with Gasteiger partial charge in [-0.05, 0) is 0 Å². The molecule has 2 aromatic rings. The van der Waals surface area contributed by atoms with Crippen LogP contribution in [0.15, 0.2) is 12.3 Å². The Labute approximate surface area is 167 Å². The Morgan fingerprint density at radius 1 is 1.42 bits per heavy atom. The summed E-state index contributed by atoms with van der Waals surface area (Å²) in [6.07, 6.45) is 5.95. The molecular formula is C17H16AsCl2FN3O2. The van der Waals surface area contributed by atoms with Gasteiger partial charge in [0.05, 0.1) is 0 Å². The standard InChI is InChI=1S/C17H16AsCl2FN3O2/c19-11-8-23-4-1-10(11)15-13(20)12(17(22)25)14(21)16(24-15)18-7-9-2-5-26-6-3-9/h1,8-9,18H,2-3,5-7H2,(H2,22,25). The number of nitrogens with zero attached hydrogens (tertiary/aromatic N) is 2. The number of aromatic nitrogens is 2. The summed E-state index contributed by atoms with van der Waals surface area (Å²) >= 11 is 11.5. The first-order valence-corrected chi connectivity index (χ1v) is 11.3. The van der Waals surface area contributed by atoms with Crippen LogP contribution in [-0.4, -0.2) is 44.8 Å². The van der Waals surface area contributed by atoms with Gasteiger partial charge in [0.1, 0.15) is 0 Å². The molecule has 9 heteroatoms. The molecule has 3 rings (SSSR count). The van der Waals surface area contributed by atoms with Crippen LogP contribution in [0.2, 0.25) is 15.3 Å². The first-order valence-electron chi connectivity index (χ1n) is 8.01. The fraction of sp³-hybridized carbons (Fsp3) is 0.353. The van der Waals surface area contributed by atoms with Crippen molar-refractivity contribution in [3.63, 3.8) is 0 Å². The van der Waals surface area contributed by atoms with Gasteiger partial charge in [-0.25, -0.2) is 0 Å². The molecule has 26 heavy (non-hydrogen) atoms. The number of ether oxygens (including phenoxy) is 1. The predicted octanol–water partition coefficient (Wildman–Crippen LogP) is 2.40. The third-order valence-electron chi connectivity index (χ3n) is 4.20. The summed E-state index contributed by atoms with van der Waals surface area (Å²) in [6, 6.07) is 1.50. The van der Waals surface area contributed by atoms with E-state index in [0.29, 0.717) is 11.5 Å². The molecule has 1 radical (unpaired) electrons. The van der Waals surface area contributed by atoms with Crippen molar-refractivity contribution >= 4 is 49.3 Å². The first kappa shape index (κ1) is 19.6. The van der Waals surface area contributed by atoms with Crippen LogP contribution in [0.4, 0.5) is 4.39 Å². The molecule has 1 aliphatic rings. The maximum atomic E-state index is 14.8. The number of rotatable bonds is 5. The molecule has 5 nitrogen and oxygen atoms in total. The molecule has 0 aromatic carbocycles. The van der Waals surface area contributed by atoms with Gasteiger partial charge in [0.25, 0.3) is 0 Å². The second-order valence-corrected chi connectivity index (χ2v) is 9.28. The van der Waals surface area contributed by atoms with E-state index in [1.165, 1.54) is 12.3 Å². The van der Waals surface area contributed by atoms with E-state index in [1.54, 1.807) is 0 Å². The van der Waals surface area contributed by atoms with Crippen LogP contribution < -0.4 is 10.2 Å². The van der Waals surface area contributed by atoms with Crippen LogP contribution in [0.1, 0.15) is 23.2 Å². The Bertz CT molecular complexity index is 832. The SMILES string of the molecule is NC(=O)c1c(F)c([AsH]CC2CCOCC2)nc(-c2c[c]ncc2Cl)c1Cl. The van der Waals surface area contributed by atoms with Gasteiger partial charge in [-0.3, -0.25) is 0 Å². The minimum absolute atomic E-state index is 0.141. The van der Waals surface area contributed by atoms with Crippen molar-refractivity contribution in [3.8, 4) is 11.3 Å². The molecule has 2 aromatic heterocycles. The van der Waals surface area contributed by atoms with Gasteiger partial charge in [0, 0.05) is 0 Å². The molecule has 1 aliphatic heterocycles. The van der Waals surface area contributed by atoms with Crippen molar-refractivity contribution in [3.05, 3.63) is 39.9 Å². The Hall–Kier alpha value is -1.20. The van der Waals surface area contributed by atoms with Crippen molar-refractivity contribution < 1.29 is 13.9 Å². The van der Waals surface area contributed by atoms with E-state index in [-0.39, 0.29) is 25.8 Å². The van der Waals surface area contributed by atoms with Gasteiger partial charge in [-0.1, -0.05) is 0 Å². The second kappa shape index (κ2) is 8.66. The number of carbonyl (C=O) groups excluding carboxylic acids is 1. The minimum atomic E-state index is -0.927. The fourth-order valence-corrected chi connectivity index (χ4v) is 6.13. The first-order chi connectivity index (χ1) is 12.5. The van der Waals surface area contributed by atoms with Crippen LogP contribution in [0.25, 0.3) is 11.3 Å². The van der Waals surface area contributed by atoms with Crippen molar-refractivity contribution in [2.24, 2.45) is 11.7 Å². The number of pyridine rings is 2. The summed E-state index contributed by atoms with van der Waals surface area (Å²) in [7, 11) is 0. The van der Waals surface area contributed by atoms with Gasteiger partial charge in [0.15, 0.2) is 0 Å². The molecule has 1 unspecified atom stereocenters. The molecule has 1 amide bonds. The molecule has 137 valence electrons. The summed E-state index contributed by atoms with van der Waals surface area (Å²) in [5.41, 5.74) is 5.69. The molecule has 0 aliphatic carbocycles. The van der Waals surface area contributed by atoms with Gasteiger partial charge in [-0.15, -0.1) is 0 Å². The zero-order chi connectivity index (χ0) is 18.7. The number of primary amides is 1. The number of halogens is 3. The predicted molar refractivity (Wildman–Crippen MR) is 99.9 cm³/mol. The zero-order valence-electron chi connectivity index (χ0n) is 13.7. The molecule has 0 spiro atoms. The van der Waals surface area contributed by atoms with Crippen LogP contribution in [-0.2, 0) is 4.74 Å². The van der Waals surface area contributed by atoms with E-state index in [0.717, 1.165) is 31.3 Å². The molecule has 0 bridgehead atoms. The maximum absolute atomic E-state index is 14.8. The Morgan fingerprint density at radius 3 is 2.81 bits per heavy atom. The molecule has 1 atom stereocenters. The summed E-state index contributed by atoms with van der Waals surface area (Å²) < 4.78 is 20.5. The fourth-order valence-electron chi connectivity index (χ4n) is 2.76. The van der Waals surface area contributed by atoms with E-state index in [2.05, 4.69) is 16.2 Å². The van der Waals surface area contributed by atoms with Crippen molar-refractivity contribution in [2.45, 2.75) is 18.1 Å². The topological polar surface area (TPSA) is 78.1 Å². The summed E-state index contributed by atoms with van der Waals surface area (Å²) in [6.45, 7) is 1.46. The van der Waals surface area contributed by atoms with Gasteiger partial charge < -0.3 is 0 Å². The van der Waals surface area contributed by atoms with Crippen LogP contribution in [0, 0.1) is 17.9 Å². The quantitative estimate of drug-likeness (QED) is 0.697. The van der Waals surface area contributed by atoms with Crippen molar-refractivity contribution in [2.75, 3.05) is 13.2 Å². The van der Waals surface area contributed by atoms with Crippen LogP contribution in [0.3, 0.4) is 0 Å². The Balaban J connectivity index is 2.00. The number of amides is 1. The van der Waals surface area contributed by atoms with Crippen LogP contribution in [0.5, 0.6) is 0 Å². The molecule has 2 N–H and O–H groups in total. The van der Waals surface area contributed by atoms with E-state index < -0.39 is 27.5 Å². The van der Waals surface area contributed by atoms with Crippen molar-refractivity contribution in [1.29, 1.82) is 0 Å². The van der Waals surface area contributed by atoms with Crippen LogP contribution >= 0.6 is 23.2 Å². The monoisotopic (exact) mass is 458 g/mol.